The molecular weight excluding hydrogens is 545 g/mol. The molecule has 0 N–H and O–H groups in total. The maximum atomic E-state index is 13.2. The van der Waals surface area contributed by atoms with Crippen LogP contribution in [0.2, 0.25) is 0 Å². The molecule has 4 nitrogen and oxygen atoms in total. The molecule has 0 fully saturated rings. The number of rotatable bonds is 7. The number of carbonyl (C=O) groups excluding carboxylic acids is 1. The first kappa shape index (κ1) is 27.7. The third-order valence-corrected chi connectivity index (χ3v) is 11.2. The van der Waals surface area contributed by atoms with Gasteiger partial charge in [0.1, 0.15) is 0 Å². The number of anilines is 1. The molecule has 0 aliphatic carbocycles. The Labute approximate surface area is 251 Å². The Morgan fingerprint density at radius 1 is 0.780 bits per heavy atom. The lowest BCUT2D eigenvalue weighted by Crippen LogP contribution is -2.34. The third-order valence-electron chi connectivity index (χ3n) is 7.91. The zero-order valence-corrected chi connectivity index (χ0v) is 25.5. The lowest BCUT2D eigenvalue weighted by atomic mass is 9.81. The van der Waals surface area contributed by atoms with Crippen molar-refractivity contribution < 1.29 is 9.53 Å². The molecule has 0 saturated carbocycles. The van der Waals surface area contributed by atoms with Crippen molar-refractivity contribution >= 4 is 40.2 Å². The maximum absolute atomic E-state index is 13.2. The highest BCUT2D eigenvalue weighted by Gasteiger charge is 2.62. The number of carbonyl (C=O) groups is 1. The molecule has 2 heterocycles. The molecule has 6 heteroatoms. The smallest absolute Gasteiger partial charge is 0.365 e. The molecule has 41 heavy (non-hydrogen) atoms. The first-order valence-electron chi connectivity index (χ1n) is 14.3. The standard InChI is InChI=1S/C35H34N2O2S2/c1-5-25-14-18-27(19-15-25)34(28-20-16-26(6-2)17-21-28)30-10-8-9-11-31(30)35(41-34)37(29-22-12-24(4)13-23-29)36-32(40-35)33(38)39-7-3/h8-23H,5-7H2,1-4H3/t35-/m1/s1. The number of esters is 1. The normalized spacial score (nSPS) is 18.8. The van der Waals surface area contributed by atoms with Gasteiger partial charge in [0.25, 0.3) is 0 Å². The van der Waals surface area contributed by atoms with Crippen molar-refractivity contribution in [3.8, 4) is 0 Å². The van der Waals surface area contributed by atoms with Gasteiger partial charge in [-0.2, -0.15) is 5.10 Å². The van der Waals surface area contributed by atoms with Gasteiger partial charge in [-0.1, -0.05) is 128 Å². The molecule has 1 spiro atoms. The number of hydrazone groups is 1. The first-order valence-corrected chi connectivity index (χ1v) is 15.9. The zero-order chi connectivity index (χ0) is 28.6. The van der Waals surface area contributed by atoms with Gasteiger partial charge >= 0.3 is 5.97 Å². The molecule has 0 unspecified atom stereocenters. The Hall–Kier alpha value is -3.48. The Bertz CT molecular complexity index is 1550. The van der Waals surface area contributed by atoms with Gasteiger partial charge < -0.3 is 4.74 Å². The average Bonchev–Trinajstić information content (AvgIpc) is 3.55. The maximum Gasteiger partial charge on any atom is 0.365 e. The second kappa shape index (κ2) is 11.1. The number of thioether (sulfide) groups is 2. The summed E-state index contributed by atoms with van der Waals surface area (Å²) in [5.41, 5.74) is 9.49. The lowest BCUT2D eigenvalue weighted by molar-refractivity contribution is -0.134. The van der Waals surface area contributed by atoms with E-state index in [4.69, 9.17) is 9.84 Å². The molecule has 0 amide bonds. The zero-order valence-electron chi connectivity index (χ0n) is 23.9. The Morgan fingerprint density at radius 2 is 1.34 bits per heavy atom. The Balaban J connectivity index is 1.61. The summed E-state index contributed by atoms with van der Waals surface area (Å²) < 4.78 is 4.22. The number of hydrogen-bond donors (Lipinski definition) is 0. The highest BCUT2D eigenvalue weighted by molar-refractivity contribution is 8.27. The van der Waals surface area contributed by atoms with Gasteiger partial charge in [-0.25, -0.2) is 9.80 Å². The van der Waals surface area contributed by atoms with Crippen LogP contribution in [0.4, 0.5) is 5.69 Å². The van der Waals surface area contributed by atoms with E-state index in [2.05, 4.69) is 118 Å². The van der Waals surface area contributed by atoms with Gasteiger partial charge in [0.15, 0.2) is 4.20 Å². The van der Waals surface area contributed by atoms with Crippen molar-refractivity contribution in [1.82, 2.24) is 0 Å². The first-order chi connectivity index (χ1) is 19.9. The van der Waals surface area contributed by atoms with Crippen LogP contribution in [0.15, 0.2) is 102 Å². The van der Waals surface area contributed by atoms with Gasteiger partial charge in [-0.3, -0.25) is 0 Å². The molecule has 0 radical (unpaired) electrons. The minimum Gasteiger partial charge on any atom is -0.461 e. The van der Waals surface area contributed by atoms with Crippen molar-refractivity contribution in [1.29, 1.82) is 0 Å². The predicted octanol–water partition coefficient (Wildman–Crippen LogP) is 8.40. The van der Waals surface area contributed by atoms with E-state index in [9.17, 15) is 4.79 Å². The van der Waals surface area contributed by atoms with Crippen LogP contribution in [-0.4, -0.2) is 17.6 Å². The highest BCUT2D eigenvalue weighted by atomic mass is 32.2. The van der Waals surface area contributed by atoms with E-state index in [1.54, 1.807) is 0 Å². The van der Waals surface area contributed by atoms with Crippen LogP contribution >= 0.6 is 23.5 Å². The van der Waals surface area contributed by atoms with E-state index in [1.165, 1.54) is 45.1 Å². The minimum atomic E-state index is -0.721. The molecule has 1 atom stereocenters. The molecular formula is C35H34N2O2S2. The number of fused-ring (bicyclic) bond motifs is 2. The molecule has 0 bridgehead atoms. The molecule has 4 aromatic rings. The fourth-order valence-electron chi connectivity index (χ4n) is 5.70. The van der Waals surface area contributed by atoms with Crippen LogP contribution < -0.4 is 5.01 Å². The van der Waals surface area contributed by atoms with Crippen molar-refractivity contribution in [3.63, 3.8) is 0 Å². The van der Waals surface area contributed by atoms with Gasteiger partial charge in [-0.15, -0.1) is 0 Å². The van der Waals surface area contributed by atoms with Crippen molar-refractivity contribution in [2.45, 2.75) is 49.5 Å². The molecule has 4 aromatic carbocycles. The summed E-state index contributed by atoms with van der Waals surface area (Å²) in [6, 6.07) is 35.1. The lowest BCUT2D eigenvalue weighted by Gasteiger charge is -2.37. The van der Waals surface area contributed by atoms with Crippen LogP contribution in [0.25, 0.3) is 0 Å². The molecule has 0 aromatic heterocycles. The minimum absolute atomic E-state index is 0.303. The van der Waals surface area contributed by atoms with Crippen molar-refractivity contribution in [3.05, 3.63) is 136 Å². The molecule has 208 valence electrons. The fraction of sp³-hybridized carbons (Fsp3) is 0.257. The second-order valence-electron chi connectivity index (χ2n) is 10.4. The topological polar surface area (TPSA) is 41.9 Å². The predicted molar refractivity (Wildman–Crippen MR) is 173 cm³/mol. The van der Waals surface area contributed by atoms with E-state index in [0.717, 1.165) is 24.1 Å². The van der Waals surface area contributed by atoms with Crippen LogP contribution in [0.3, 0.4) is 0 Å². The monoisotopic (exact) mass is 578 g/mol. The number of hydrogen-bond acceptors (Lipinski definition) is 6. The summed E-state index contributed by atoms with van der Waals surface area (Å²) >= 11 is 3.33. The summed E-state index contributed by atoms with van der Waals surface area (Å²) in [6.07, 6.45) is 1.97. The number of nitrogens with zero attached hydrogens (tertiary/aromatic N) is 2. The van der Waals surface area contributed by atoms with Gasteiger partial charge in [-0.05, 0) is 66.6 Å². The summed E-state index contributed by atoms with van der Waals surface area (Å²) in [7, 11) is 0. The third kappa shape index (κ3) is 4.58. The summed E-state index contributed by atoms with van der Waals surface area (Å²) in [6.45, 7) is 8.58. The van der Waals surface area contributed by atoms with E-state index in [0.29, 0.717) is 11.7 Å². The van der Waals surface area contributed by atoms with Crippen LogP contribution in [0, 0.1) is 6.92 Å². The SMILES string of the molecule is CCOC(=O)C1=NN(c2ccc(C)cc2)[C@]2(S1)SC(c1ccc(CC)cc1)(c1ccc(CC)cc1)c1ccccc12. The van der Waals surface area contributed by atoms with Crippen LogP contribution in [0.1, 0.15) is 59.7 Å². The summed E-state index contributed by atoms with van der Waals surface area (Å²) in [5, 5.41) is 7.37. The molecule has 6 rings (SSSR count). The summed E-state index contributed by atoms with van der Waals surface area (Å²) in [5.74, 6) is -0.387. The largest absolute Gasteiger partial charge is 0.461 e. The van der Waals surface area contributed by atoms with Gasteiger partial charge in [0, 0.05) is 5.56 Å². The number of ether oxygens (including phenoxy) is 1. The Morgan fingerprint density at radius 3 is 1.88 bits per heavy atom. The van der Waals surface area contributed by atoms with Gasteiger partial charge in [0.2, 0.25) is 5.04 Å². The van der Waals surface area contributed by atoms with E-state index in [-0.39, 0.29) is 5.97 Å². The molecule has 0 saturated heterocycles. The molecule has 2 aliphatic heterocycles. The van der Waals surface area contributed by atoms with E-state index >= 15 is 0 Å². The van der Waals surface area contributed by atoms with Crippen LogP contribution in [-0.2, 0) is 31.3 Å². The number of benzene rings is 4. The Kier molecular flexibility index (Phi) is 7.47. The van der Waals surface area contributed by atoms with E-state index < -0.39 is 8.95 Å². The summed E-state index contributed by atoms with van der Waals surface area (Å²) in [4.78, 5) is 13.2. The van der Waals surface area contributed by atoms with E-state index in [1.807, 2.05) is 23.7 Å². The van der Waals surface area contributed by atoms with Crippen molar-refractivity contribution in [2.24, 2.45) is 5.10 Å². The van der Waals surface area contributed by atoms with Crippen molar-refractivity contribution in [2.75, 3.05) is 11.6 Å². The van der Waals surface area contributed by atoms with Gasteiger partial charge in [0.05, 0.1) is 17.0 Å². The average molecular weight is 579 g/mol. The number of aryl methyl sites for hydroxylation is 3. The quantitative estimate of drug-likeness (QED) is 0.206. The second-order valence-corrected chi connectivity index (χ2v) is 13.2. The highest BCUT2D eigenvalue weighted by Crippen LogP contribution is 2.70. The molecule has 2 aliphatic rings. The fourth-order valence-corrected chi connectivity index (χ4v) is 9.26. The van der Waals surface area contributed by atoms with Crippen LogP contribution in [0.5, 0.6) is 0 Å².